The maximum atomic E-state index is 12.1. The Balaban J connectivity index is 2.33. The third kappa shape index (κ3) is 3.10. The molecule has 1 atom stereocenters. The largest absolute Gasteiger partial charge is 0.252 e. The summed E-state index contributed by atoms with van der Waals surface area (Å²) in [6.07, 6.45) is 1.79. The van der Waals surface area contributed by atoms with Gasteiger partial charge in [0.1, 0.15) is 0 Å². The molecule has 0 aromatic carbocycles. The molecular formula is C12H16N2OS2. The Labute approximate surface area is 108 Å². The topological polar surface area (TPSA) is 42.9 Å². The lowest BCUT2D eigenvalue weighted by Crippen LogP contribution is -2.16. The molecule has 2 rings (SSSR count). The van der Waals surface area contributed by atoms with E-state index in [-0.39, 0.29) is 5.41 Å². The Kier molecular flexibility index (Phi) is 3.32. The zero-order chi connectivity index (χ0) is 12.6. The van der Waals surface area contributed by atoms with Gasteiger partial charge in [0.15, 0.2) is 9.99 Å². The van der Waals surface area contributed by atoms with E-state index in [1.165, 1.54) is 11.3 Å². The molecule has 0 spiro atoms. The number of pyridine rings is 1. The molecule has 5 heteroatoms. The van der Waals surface area contributed by atoms with Crippen LogP contribution >= 0.6 is 11.3 Å². The molecular weight excluding hydrogens is 252 g/mol. The molecule has 0 aliphatic carbocycles. The quantitative estimate of drug-likeness (QED) is 0.840. The van der Waals surface area contributed by atoms with Crippen LogP contribution in [0.1, 0.15) is 26.3 Å². The predicted octanol–water partition coefficient (Wildman–Crippen LogP) is 3.15. The highest BCUT2D eigenvalue weighted by atomic mass is 32.2. The molecule has 2 aromatic heterocycles. The van der Waals surface area contributed by atoms with E-state index in [2.05, 4.69) is 30.7 Å². The molecule has 0 radical (unpaired) electrons. The lowest BCUT2D eigenvalue weighted by atomic mass is 10.0. The standard InChI is InChI=1S/C12H16N2OS2/c1-8-5-9-10(13-6-8)14-11(16-9)17(15)7-12(2,3)4/h5-6H,7H2,1-4H3. The lowest BCUT2D eigenvalue weighted by molar-refractivity contribution is 0.474. The van der Waals surface area contributed by atoms with E-state index in [9.17, 15) is 4.21 Å². The summed E-state index contributed by atoms with van der Waals surface area (Å²) in [4.78, 5) is 8.59. The first kappa shape index (κ1) is 12.6. The second-order valence-electron chi connectivity index (χ2n) is 5.36. The highest BCUT2D eigenvalue weighted by Gasteiger charge is 2.19. The van der Waals surface area contributed by atoms with Gasteiger partial charge in [-0.25, -0.2) is 9.97 Å². The first-order chi connectivity index (χ1) is 7.85. The average molecular weight is 268 g/mol. The van der Waals surface area contributed by atoms with Crippen molar-refractivity contribution >= 4 is 32.5 Å². The first-order valence-electron chi connectivity index (χ1n) is 5.47. The van der Waals surface area contributed by atoms with E-state index in [0.29, 0.717) is 15.7 Å². The number of aromatic nitrogens is 2. The molecule has 0 N–H and O–H groups in total. The summed E-state index contributed by atoms with van der Waals surface area (Å²) < 4.78 is 13.9. The van der Waals surface area contributed by atoms with E-state index >= 15 is 0 Å². The number of rotatable bonds is 2. The van der Waals surface area contributed by atoms with Crippen LogP contribution in [0.25, 0.3) is 10.3 Å². The summed E-state index contributed by atoms with van der Waals surface area (Å²) >= 11 is 1.49. The minimum atomic E-state index is -1.02. The maximum Gasteiger partial charge on any atom is 0.183 e. The molecule has 0 bridgehead atoms. The Morgan fingerprint density at radius 2 is 2.12 bits per heavy atom. The minimum Gasteiger partial charge on any atom is -0.252 e. The fourth-order valence-electron chi connectivity index (χ4n) is 1.45. The number of thiazole rings is 1. The van der Waals surface area contributed by atoms with Gasteiger partial charge in [0.25, 0.3) is 0 Å². The molecule has 0 amide bonds. The summed E-state index contributed by atoms with van der Waals surface area (Å²) in [6.45, 7) is 8.25. The van der Waals surface area contributed by atoms with E-state index < -0.39 is 10.8 Å². The van der Waals surface area contributed by atoms with Crippen molar-refractivity contribution in [3.63, 3.8) is 0 Å². The van der Waals surface area contributed by atoms with Crippen LogP contribution in [0.3, 0.4) is 0 Å². The lowest BCUT2D eigenvalue weighted by Gasteiger charge is -2.15. The van der Waals surface area contributed by atoms with Crippen LogP contribution < -0.4 is 0 Å². The van der Waals surface area contributed by atoms with Crippen LogP contribution in [-0.2, 0) is 10.8 Å². The second kappa shape index (κ2) is 4.46. The Hall–Kier alpha value is -0.810. The average Bonchev–Trinajstić information content (AvgIpc) is 2.57. The summed E-state index contributed by atoms with van der Waals surface area (Å²) in [5, 5.41) is 0. The van der Waals surface area contributed by atoms with Gasteiger partial charge in [-0.05, 0) is 24.0 Å². The monoisotopic (exact) mass is 268 g/mol. The zero-order valence-electron chi connectivity index (χ0n) is 10.5. The maximum absolute atomic E-state index is 12.1. The molecule has 1 unspecified atom stereocenters. The van der Waals surface area contributed by atoms with Gasteiger partial charge in [-0.15, -0.1) is 11.3 Å². The van der Waals surface area contributed by atoms with Crippen molar-refractivity contribution in [3.05, 3.63) is 17.8 Å². The van der Waals surface area contributed by atoms with E-state index in [1.807, 2.05) is 13.0 Å². The minimum absolute atomic E-state index is 0.0477. The zero-order valence-corrected chi connectivity index (χ0v) is 12.1. The number of hydrogen-bond acceptors (Lipinski definition) is 4. The van der Waals surface area contributed by atoms with Crippen LogP contribution in [0.15, 0.2) is 16.6 Å². The molecule has 0 aliphatic rings. The highest BCUT2D eigenvalue weighted by Crippen LogP contribution is 2.26. The van der Waals surface area contributed by atoms with Crippen molar-refractivity contribution < 1.29 is 4.21 Å². The van der Waals surface area contributed by atoms with Gasteiger partial charge < -0.3 is 0 Å². The normalized spacial score (nSPS) is 14.1. The number of hydrogen-bond donors (Lipinski definition) is 0. The summed E-state index contributed by atoms with van der Waals surface area (Å²) in [5.74, 6) is 0.631. The molecule has 3 nitrogen and oxygen atoms in total. The third-order valence-electron chi connectivity index (χ3n) is 2.12. The van der Waals surface area contributed by atoms with Gasteiger partial charge in [0.05, 0.1) is 15.5 Å². The smallest absolute Gasteiger partial charge is 0.183 e. The molecule has 92 valence electrons. The molecule has 0 aliphatic heterocycles. The van der Waals surface area contributed by atoms with Gasteiger partial charge in [-0.2, -0.15) is 0 Å². The predicted molar refractivity (Wildman–Crippen MR) is 72.9 cm³/mol. The van der Waals surface area contributed by atoms with E-state index in [1.54, 1.807) is 6.20 Å². The Morgan fingerprint density at radius 1 is 1.41 bits per heavy atom. The van der Waals surface area contributed by atoms with Gasteiger partial charge in [0.2, 0.25) is 0 Å². The molecule has 17 heavy (non-hydrogen) atoms. The summed E-state index contributed by atoms with van der Waals surface area (Å²) in [5.41, 5.74) is 1.86. The Bertz CT molecular complexity index is 569. The van der Waals surface area contributed by atoms with Gasteiger partial charge >= 0.3 is 0 Å². The van der Waals surface area contributed by atoms with Crippen LogP contribution in [0.2, 0.25) is 0 Å². The van der Waals surface area contributed by atoms with Crippen molar-refractivity contribution in [2.45, 2.75) is 32.0 Å². The van der Waals surface area contributed by atoms with Crippen molar-refractivity contribution in [2.24, 2.45) is 5.41 Å². The van der Waals surface area contributed by atoms with Gasteiger partial charge in [0, 0.05) is 11.9 Å². The molecule has 0 saturated carbocycles. The third-order valence-corrected chi connectivity index (χ3v) is 5.33. The van der Waals surface area contributed by atoms with Crippen molar-refractivity contribution in [1.82, 2.24) is 9.97 Å². The van der Waals surface area contributed by atoms with Crippen LogP contribution in [0, 0.1) is 12.3 Å². The van der Waals surface area contributed by atoms with Crippen molar-refractivity contribution in [2.75, 3.05) is 5.75 Å². The molecule has 2 aromatic rings. The van der Waals surface area contributed by atoms with Crippen LogP contribution in [0.4, 0.5) is 0 Å². The van der Waals surface area contributed by atoms with Gasteiger partial charge in [-0.1, -0.05) is 20.8 Å². The number of nitrogens with zero attached hydrogens (tertiary/aromatic N) is 2. The number of aryl methyl sites for hydroxylation is 1. The summed E-state index contributed by atoms with van der Waals surface area (Å²) in [7, 11) is -1.02. The highest BCUT2D eigenvalue weighted by molar-refractivity contribution is 7.87. The molecule has 2 heterocycles. The summed E-state index contributed by atoms with van der Waals surface area (Å²) in [6, 6.07) is 2.04. The van der Waals surface area contributed by atoms with Crippen LogP contribution in [0.5, 0.6) is 0 Å². The Morgan fingerprint density at radius 3 is 2.76 bits per heavy atom. The fourth-order valence-corrected chi connectivity index (χ4v) is 4.12. The molecule has 0 fully saturated rings. The van der Waals surface area contributed by atoms with E-state index in [0.717, 1.165) is 10.3 Å². The van der Waals surface area contributed by atoms with E-state index in [4.69, 9.17) is 0 Å². The fraction of sp³-hybridized carbons (Fsp3) is 0.500. The van der Waals surface area contributed by atoms with Gasteiger partial charge in [-0.3, -0.25) is 4.21 Å². The SMILES string of the molecule is Cc1cnc2nc(S(=O)CC(C)(C)C)sc2c1. The first-order valence-corrected chi connectivity index (χ1v) is 7.60. The van der Waals surface area contributed by atoms with Crippen molar-refractivity contribution in [1.29, 1.82) is 0 Å². The van der Waals surface area contributed by atoms with Crippen molar-refractivity contribution in [3.8, 4) is 0 Å². The number of fused-ring (bicyclic) bond motifs is 1. The second-order valence-corrected chi connectivity index (χ2v) is 8.02. The van der Waals surface area contributed by atoms with Crippen LogP contribution in [-0.4, -0.2) is 19.9 Å². The molecule has 0 saturated heterocycles.